The summed E-state index contributed by atoms with van der Waals surface area (Å²) in [6.07, 6.45) is -3.25. The first-order valence-corrected chi connectivity index (χ1v) is 19.7. The van der Waals surface area contributed by atoms with Crippen molar-refractivity contribution in [2.45, 2.75) is 80.9 Å². The molecule has 2 atom stereocenters. The third-order valence-electron chi connectivity index (χ3n) is 9.94. The van der Waals surface area contributed by atoms with Gasteiger partial charge in [0.25, 0.3) is 5.56 Å². The Labute approximate surface area is 335 Å². The minimum Gasteiger partial charge on any atom is -0.479 e. The standard InChI is InChI=1S/C37H38F4N4O2S.C4H6O6/c38-31-17-9-27(10-18-31)25-48-36-42-35(47)32-5-4-6-33(32)45(36)24-34(46)44(22-21-43-19-2-1-3-20-43)23-26-7-11-28(12-8-26)29-13-15-30(16-14-29)37(39,40)41;5-1(3(7)8)2(6)4(9)10/h7-18H,1-6,19-25H2;1-2,5-6H,(H,7,8)(H,9,10). The summed E-state index contributed by atoms with van der Waals surface area (Å²) in [4.78, 5) is 55.3. The molecule has 12 nitrogen and oxygen atoms in total. The van der Waals surface area contributed by atoms with Crippen LogP contribution in [-0.2, 0) is 52.2 Å². The van der Waals surface area contributed by atoms with Crippen LogP contribution in [0.1, 0.15) is 53.6 Å². The molecule has 58 heavy (non-hydrogen) atoms. The van der Waals surface area contributed by atoms with Gasteiger partial charge in [0.05, 0.1) is 5.56 Å². The molecule has 4 N–H and O–H groups in total. The highest BCUT2D eigenvalue weighted by atomic mass is 32.2. The zero-order valence-electron chi connectivity index (χ0n) is 31.4. The number of thioether (sulfide) groups is 1. The molecule has 1 aromatic heterocycles. The van der Waals surface area contributed by atoms with Crippen LogP contribution in [0.2, 0.25) is 0 Å². The first kappa shape index (κ1) is 44.0. The number of hydrogen-bond acceptors (Lipinski definition) is 9. The molecular formula is C41H44F4N4O8S. The fourth-order valence-electron chi connectivity index (χ4n) is 6.71. The number of alkyl halides is 3. The van der Waals surface area contributed by atoms with Crippen molar-refractivity contribution in [2.75, 3.05) is 26.2 Å². The summed E-state index contributed by atoms with van der Waals surface area (Å²) in [6.45, 7) is 3.71. The van der Waals surface area contributed by atoms with Gasteiger partial charge in [-0.05, 0) is 91.7 Å². The maximum absolute atomic E-state index is 14.2. The van der Waals surface area contributed by atoms with Crippen molar-refractivity contribution >= 4 is 29.6 Å². The lowest BCUT2D eigenvalue weighted by molar-refractivity contribution is -0.165. The third-order valence-corrected chi connectivity index (χ3v) is 11.0. The second-order valence-corrected chi connectivity index (χ2v) is 15.0. The number of piperidine rings is 1. The Balaban J connectivity index is 0.000000567. The van der Waals surface area contributed by atoms with Gasteiger partial charge in [-0.1, -0.05) is 66.7 Å². The summed E-state index contributed by atoms with van der Waals surface area (Å²) in [5, 5.41) is 33.0. The number of rotatable bonds is 14. The molecule has 0 spiro atoms. The Hall–Kier alpha value is -5.10. The Morgan fingerprint density at radius 2 is 1.36 bits per heavy atom. The number of carboxylic acid groups (broad SMARTS) is 2. The van der Waals surface area contributed by atoms with Crippen molar-refractivity contribution in [1.29, 1.82) is 0 Å². The minimum absolute atomic E-state index is 0.0466. The molecule has 1 saturated heterocycles. The van der Waals surface area contributed by atoms with E-state index < -0.39 is 35.9 Å². The average molecular weight is 829 g/mol. The zero-order valence-corrected chi connectivity index (χ0v) is 32.2. The van der Waals surface area contributed by atoms with E-state index >= 15 is 0 Å². The number of amides is 1. The number of aliphatic hydroxyl groups is 2. The molecule has 3 aromatic carbocycles. The summed E-state index contributed by atoms with van der Waals surface area (Å²) in [6, 6.07) is 18.9. The summed E-state index contributed by atoms with van der Waals surface area (Å²) in [5.41, 5.74) is 3.86. The SMILES string of the molecule is O=C(Cn1c(SCc2ccc(F)cc2)nc(=O)c2c1CCC2)N(CCN1CCCCC1)Cc1ccc(-c2ccc(C(F)(F)F)cc2)cc1.O=C(O)C(O)C(O)C(=O)O. The molecule has 2 aliphatic rings. The number of nitrogens with zero attached hydrogens (tertiary/aromatic N) is 4. The van der Waals surface area contributed by atoms with E-state index in [1.165, 1.54) is 42.4 Å². The number of likely N-dealkylation sites (tertiary alicyclic amines) is 1. The number of carboxylic acids is 2. The van der Waals surface area contributed by atoms with Crippen LogP contribution in [0.4, 0.5) is 17.6 Å². The summed E-state index contributed by atoms with van der Waals surface area (Å²) < 4.78 is 54.5. The van der Waals surface area contributed by atoms with Crippen LogP contribution in [-0.4, -0.2) is 96.0 Å². The molecule has 0 saturated carbocycles. The van der Waals surface area contributed by atoms with Gasteiger partial charge in [0.15, 0.2) is 17.4 Å². The van der Waals surface area contributed by atoms with E-state index in [1.807, 2.05) is 33.7 Å². The molecule has 4 aromatic rings. The molecule has 1 aliphatic heterocycles. The molecule has 1 fully saturated rings. The second kappa shape index (κ2) is 20.0. The monoisotopic (exact) mass is 828 g/mol. The highest BCUT2D eigenvalue weighted by Gasteiger charge is 2.31. The van der Waals surface area contributed by atoms with Crippen LogP contribution in [0.15, 0.2) is 82.7 Å². The van der Waals surface area contributed by atoms with Crippen molar-refractivity contribution in [1.82, 2.24) is 19.4 Å². The largest absolute Gasteiger partial charge is 0.479 e. The second-order valence-electron chi connectivity index (χ2n) is 14.0. The van der Waals surface area contributed by atoms with Crippen LogP contribution in [0, 0.1) is 5.82 Å². The van der Waals surface area contributed by atoms with Gasteiger partial charge in [-0.25, -0.2) is 14.0 Å². The third kappa shape index (κ3) is 12.0. The number of carbonyl (C=O) groups is 3. The lowest BCUT2D eigenvalue weighted by atomic mass is 10.0. The Morgan fingerprint density at radius 1 is 0.793 bits per heavy atom. The molecule has 0 bridgehead atoms. The predicted molar refractivity (Wildman–Crippen MR) is 206 cm³/mol. The molecule has 2 unspecified atom stereocenters. The number of carbonyl (C=O) groups excluding carboxylic acids is 1. The van der Waals surface area contributed by atoms with E-state index in [9.17, 15) is 36.7 Å². The van der Waals surface area contributed by atoms with E-state index in [0.29, 0.717) is 48.0 Å². The molecule has 17 heteroatoms. The van der Waals surface area contributed by atoms with Crippen LogP contribution in [0.5, 0.6) is 0 Å². The number of fused-ring (bicyclic) bond motifs is 1. The zero-order chi connectivity index (χ0) is 42.0. The number of aliphatic hydroxyl groups excluding tert-OH is 2. The van der Waals surface area contributed by atoms with Crippen molar-refractivity contribution in [3.63, 3.8) is 0 Å². The quantitative estimate of drug-likeness (QED) is 0.0744. The molecule has 0 radical (unpaired) electrons. The topological polar surface area (TPSA) is 174 Å². The average Bonchev–Trinajstić information content (AvgIpc) is 3.71. The van der Waals surface area contributed by atoms with Gasteiger partial charge in [-0.2, -0.15) is 18.2 Å². The van der Waals surface area contributed by atoms with Gasteiger partial charge in [-0.3, -0.25) is 9.59 Å². The molecule has 1 aliphatic carbocycles. The molecule has 6 rings (SSSR count). The van der Waals surface area contributed by atoms with Crippen molar-refractivity contribution in [3.05, 3.63) is 117 Å². The van der Waals surface area contributed by atoms with Crippen LogP contribution in [0.3, 0.4) is 0 Å². The first-order valence-electron chi connectivity index (χ1n) is 18.7. The van der Waals surface area contributed by atoms with Gasteiger partial charge < -0.3 is 34.8 Å². The molecule has 2 heterocycles. The Morgan fingerprint density at radius 3 is 1.93 bits per heavy atom. The Kier molecular flexibility index (Phi) is 15.2. The van der Waals surface area contributed by atoms with Crippen molar-refractivity contribution < 1.29 is 52.4 Å². The van der Waals surface area contributed by atoms with Gasteiger partial charge in [-0.15, -0.1) is 0 Å². The molecule has 1 amide bonds. The van der Waals surface area contributed by atoms with Gasteiger partial charge in [0, 0.05) is 36.6 Å². The summed E-state index contributed by atoms with van der Waals surface area (Å²) >= 11 is 1.37. The van der Waals surface area contributed by atoms with Crippen LogP contribution in [0.25, 0.3) is 11.1 Å². The maximum atomic E-state index is 14.2. The summed E-state index contributed by atoms with van der Waals surface area (Å²) in [5.74, 6) is -3.46. The first-order chi connectivity index (χ1) is 27.6. The van der Waals surface area contributed by atoms with Gasteiger partial charge >= 0.3 is 18.1 Å². The lowest BCUT2D eigenvalue weighted by Gasteiger charge is -2.31. The smallest absolute Gasteiger partial charge is 0.416 e. The fourth-order valence-corrected chi connectivity index (χ4v) is 7.67. The highest BCUT2D eigenvalue weighted by molar-refractivity contribution is 7.98. The lowest BCUT2D eigenvalue weighted by Crippen LogP contribution is -2.41. The predicted octanol–water partition coefficient (Wildman–Crippen LogP) is 5.24. The van der Waals surface area contributed by atoms with Crippen LogP contribution < -0.4 is 5.56 Å². The number of aliphatic carboxylic acids is 2. The summed E-state index contributed by atoms with van der Waals surface area (Å²) in [7, 11) is 0. The minimum atomic E-state index is -4.39. The number of halogens is 4. The number of hydrogen-bond donors (Lipinski definition) is 4. The maximum Gasteiger partial charge on any atom is 0.416 e. The van der Waals surface area contributed by atoms with Gasteiger partial charge in [0.1, 0.15) is 12.4 Å². The van der Waals surface area contributed by atoms with E-state index in [0.717, 1.165) is 73.4 Å². The molecular weight excluding hydrogens is 785 g/mol. The van der Waals surface area contributed by atoms with Gasteiger partial charge in [0.2, 0.25) is 5.91 Å². The normalized spacial score (nSPS) is 15.1. The van der Waals surface area contributed by atoms with Crippen molar-refractivity contribution in [2.24, 2.45) is 0 Å². The highest BCUT2D eigenvalue weighted by Crippen LogP contribution is 2.31. The van der Waals surface area contributed by atoms with E-state index in [1.54, 1.807) is 12.1 Å². The van der Waals surface area contributed by atoms with E-state index in [-0.39, 0.29) is 23.8 Å². The van der Waals surface area contributed by atoms with Crippen molar-refractivity contribution in [3.8, 4) is 11.1 Å². The van der Waals surface area contributed by atoms with Crippen LogP contribution >= 0.6 is 11.8 Å². The van der Waals surface area contributed by atoms with E-state index in [2.05, 4.69) is 9.88 Å². The fraction of sp³-hybridized carbons (Fsp3) is 0.390. The molecule has 310 valence electrons. The number of aromatic nitrogens is 2. The van der Waals surface area contributed by atoms with E-state index in [4.69, 9.17) is 20.4 Å². The Bertz CT molecular complexity index is 2070. The number of benzene rings is 3.